The van der Waals surface area contributed by atoms with Crippen LogP contribution in [0.3, 0.4) is 0 Å². The zero-order valence-corrected chi connectivity index (χ0v) is 12.6. The molecule has 0 spiro atoms. The van der Waals surface area contributed by atoms with Gasteiger partial charge in [0.2, 0.25) is 0 Å². The number of likely N-dealkylation sites (N-methyl/N-ethyl adjacent to an activating group) is 1. The first-order valence-electron chi connectivity index (χ1n) is 6.76. The molecule has 0 atom stereocenters. The van der Waals surface area contributed by atoms with Crippen LogP contribution in [0.1, 0.15) is 22.3 Å². The Morgan fingerprint density at radius 1 is 1.16 bits per heavy atom. The Bertz CT molecular complexity index is 419. The Labute approximate surface area is 120 Å². The van der Waals surface area contributed by atoms with Crippen molar-refractivity contribution in [3.05, 3.63) is 35.4 Å². The van der Waals surface area contributed by atoms with Gasteiger partial charge in [-0.05, 0) is 44.0 Å². The molecule has 4 heteroatoms. The Hall–Kier alpha value is -1.00. The van der Waals surface area contributed by atoms with Crippen LogP contribution in [0.15, 0.2) is 24.3 Å². The molecule has 0 radical (unpaired) electrons. The van der Waals surface area contributed by atoms with Crippen LogP contribution in [0.4, 0.5) is 0 Å². The first-order chi connectivity index (χ1) is 9.20. The van der Waals surface area contributed by atoms with E-state index in [1.807, 2.05) is 17.0 Å². The van der Waals surface area contributed by atoms with E-state index in [2.05, 4.69) is 30.3 Å². The van der Waals surface area contributed by atoms with E-state index in [-0.39, 0.29) is 5.91 Å². The number of carbonyl (C=O) groups excluding carboxylic acids is 1. The second-order valence-corrected chi connectivity index (χ2v) is 5.94. The highest BCUT2D eigenvalue weighted by atomic mass is 32.2. The minimum Gasteiger partial charge on any atom is -0.337 e. The number of rotatable bonds is 3. The van der Waals surface area contributed by atoms with Gasteiger partial charge in [0.05, 0.1) is 0 Å². The maximum Gasteiger partial charge on any atom is 0.253 e. The van der Waals surface area contributed by atoms with Crippen molar-refractivity contribution < 1.29 is 4.79 Å². The van der Waals surface area contributed by atoms with Gasteiger partial charge in [0.25, 0.3) is 5.91 Å². The van der Waals surface area contributed by atoms with Crippen LogP contribution in [0, 0.1) is 0 Å². The molecule has 1 aromatic rings. The maximum atomic E-state index is 12.4. The predicted octanol–water partition coefficient (Wildman–Crippen LogP) is 2.33. The van der Waals surface area contributed by atoms with E-state index in [9.17, 15) is 4.79 Å². The summed E-state index contributed by atoms with van der Waals surface area (Å²) in [5.74, 6) is 1.18. The van der Waals surface area contributed by atoms with E-state index >= 15 is 0 Å². The molecule has 1 aliphatic heterocycles. The standard InChI is InChI=1S/C15H22N2OS/c1-16-8-3-9-17(11-10-16)15(18)14-6-4-13(5-7-14)12-19-2/h4-7H,3,8-12H2,1-2H3. The second-order valence-electron chi connectivity index (χ2n) is 5.08. The van der Waals surface area contributed by atoms with Crippen molar-refractivity contribution in [1.82, 2.24) is 9.80 Å². The molecular formula is C15H22N2OS. The second kappa shape index (κ2) is 6.96. The van der Waals surface area contributed by atoms with Crippen LogP contribution >= 0.6 is 11.8 Å². The van der Waals surface area contributed by atoms with E-state index in [1.54, 1.807) is 11.8 Å². The first-order valence-corrected chi connectivity index (χ1v) is 8.16. The van der Waals surface area contributed by atoms with Crippen LogP contribution in [-0.2, 0) is 5.75 Å². The monoisotopic (exact) mass is 278 g/mol. The number of hydrogen-bond donors (Lipinski definition) is 0. The molecule has 1 aliphatic rings. The van der Waals surface area contributed by atoms with Crippen molar-refractivity contribution in [1.29, 1.82) is 0 Å². The SMILES string of the molecule is CSCc1ccc(C(=O)N2CCCN(C)CC2)cc1. The van der Waals surface area contributed by atoms with Gasteiger partial charge >= 0.3 is 0 Å². The highest BCUT2D eigenvalue weighted by Crippen LogP contribution is 2.13. The number of hydrogen-bond acceptors (Lipinski definition) is 3. The predicted molar refractivity (Wildman–Crippen MR) is 81.7 cm³/mol. The van der Waals surface area contributed by atoms with Crippen molar-refractivity contribution in [3.8, 4) is 0 Å². The summed E-state index contributed by atoms with van der Waals surface area (Å²) in [6.45, 7) is 3.75. The topological polar surface area (TPSA) is 23.6 Å². The Kier molecular flexibility index (Phi) is 5.28. The van der Waals surface area contributed by atoms with Gasteiger partial charge in [0, 0.05) is 31.0 Å². The Morgan fingerprint density at radius 3 is 2.58 bits per heavy atom. The van der Waals surface area contributed by atoms with Crippen LogP contribution < -0.4 is 0 Å². The molecule has 0 N–H and O–H groups in total. The lowest BCUT2D eigenvalue weighted by Crippen LogP contribution is -2.34. The fourth-order valence-electron chi connectivity index (χ4n) is 2.34. The highest BCUT2D eigenvalue weighted by Gasteiger charge is 2.18. The first kappa shape index (κ1) is 14.4. The maximum absolute atomic E-state index is 12.4. The molecule has 0 bridgehead atoms. The smallest absolute Gasteiger partial charge is 0.253 e. The number of nitrogens with zero attached hydrogens (tertiary/aromatic N) is 2. The number of carbonyl (C=O) groups is 1. The molecule has 0 saturated carbocycles. The summed E-state index contributed by atoms with van der Waals surface area (Å²) >= 11 is 1.80. The van der Waals surface area contributed by atoms with Crippen molar-refractivity contribution in [2.75, 3.05) is 39.5 Å². The van der Waals surface area contributed by atoms with Gasteiger partial charge in [-0.2, -0.15) is 11.8 Å². The molecule has 0 unspecified atom stereocenters. The summed E-state index contributed by atoms with van der Waals surface area (Å²) in [6, 6.07) is 8.05. The lowest BCUT2D eigenvalue weighted by molar-refractivity contribution is 0.0763. The van der Waals surface area contributed by atoms with Gasteiger partial charge < -0.3 is 9.80 Å². The molecule has 2 rings (SSSR count). The number of benzene rings is 1. The van der Waals surface area contributed by atoms with E-state index in [4.69, 9.17) is 0 Å². The minimum atomic E-state index is 0.172. The van der Waals surface area contributed by atoms with E-state index in [0.717, 1.165) is 43.9 Å². The van der Waals surface area contributed by atoms with Gasteiger partial charge in [-0.25, -0.2) is 0 Å². The number of thioether (sulfide) groups is 1. The fourth-order valence-corrected chi connectivity index (χ4v) is 2.87. The van der Waals surface area contributed by atoms with Crippen LogP contribution in [0.25, 0.3) is 0 Å². The third-order valence-electron chi connectivity index (χ3n) is 3.52. The molecule has 19 heavy (non-hydrogen) atoms. The third kappa shape index (κ3) is 3.98. The van der Waals surface area contributed by atoms with Crippen LogP contribution in [0.2, 0.25) is 0 Å². The van der Waals surface area contributed by atoms with Gasteiger partial charge in [0.15, 0.2) is 0 Å². The fraction of sp³-hybridized carbons (Fsp3) is 0.533. The van der Waals surface area contributed by atoms with Gasteiger partial charge in [-0.1, -0.05) is 12.1 Å². The van der Waals surface area contributed by atoms with Gasteiger partial charge in [0.1, 0.15) is 0 Å². The van der Waals surface area contributed by atoms with Gasteiger partial charge in [-0.15, -0.1) is 0 Å². The van der Waals surface area contributed by atoms with Crippen molar-refractivity contribution in [3.63, 3.8) is 0 Å². The van der Waals surface area contributed by atoms with Crippen LogP contribution in [-0.4, -0.2) is 55.2 Å². The Morgan fingerprint density at radius 2 is 1.89 bits per heavy atom. The molecule has 0 aromatic heterocycles. The minimum absolute atomic E-state index is 0.172. The Balaban J connectivity index is 2.02. The summed E-state index contributed by atoms with van der Waals surface area (Å²) in [5, 5.41) is 0. The normalized spacial score (nSPS) is 17.3. The summed E-state index contributed by atoms with van der Waals surface area (Å²) in [7, 11) is 2.12. The lowest BCUT2D eigenvalue weighted by Gasteiger charge is -2.20. The van der Waals surface area contributed by atoms with Gasteiger partial charge in [-0.3, -0.25) is 4.79 Å². The molecule has 1 amide bonds. The highest BCUT2D eigenvalue weighted by molar-refractivity contribution is 7.97. The van der Waals surface area contributed by atoms with Crippen molar-refractivity contribution in [2.45, 2.75) is 12.2 Å². The van der Waals surface area contributed by atoms with Crippen molar-refractivity contribution in [2.24, 2.45) is 0 Å². The molecule has 0 aliphatic carbocycles. The van der Waals surface area contributed by atoms with Crippen molar-refractivity contribution >= 4 is 17.7 Å². The molecular weight excluding hydrogens is 256 g/mol. The molecule has 1 aromatic carbocycles. The molecule has 1 fully saturated rings. The molecule has 1 saturated heterocycles. The van der Waals surface area contributed by atoms with Crippen LogP contribution in [0.5, 0.6) is 0 Å². The zero-order valence-electron chi connectivity index (χ0n) is 11.8. The number of amides is 1. The average Bonchev–Trinajstić information content (AvgIpc) is 2.64. The average molecular weight is 278 g/mol. The molecule has 1 heterocycles. The van der Waals surface area contributed by atoms with E-state index in [0.29, 0.717) is 0 Å². The lowest BCUT2D eigenvalue weighted by atomic mass is 10.1. The van der Waals surface area contributed by atoms with E-state index in [1.165, 1.54) is 5.56 Å². The summed E-state index contributed by atoms with van der Waals surface area (Å²) < 4.78 is 0. The quantitative estimate of drug-likeness (QED) is 0.848. The zero-order chi connectivity index (χ0) is 13.7. The largest absolute Gasteiger partial charge is 0.337 e. The molecule has 3 nitrogen and oxygen atoms in total. The van der Waals surface area contributed by atoms with E-state index < -0.39 is 0 Å². The summed E-state index contributed by atoms with van der Waals surface area (Å²) in [5.41, 5.74) is 2.09. The summed E-state index contributed by atoms with van der Waals surface area (Å²) in [6.07, 6.45) is 3.15. The molecule has 104 valence electrons. The third-order valence-corrected chi connectivity index (χ3v) is 4.14. The summed E-state index contributed by atoms with van der Waals surface area (Å²) in [4.78, 5) is 16.7.